The summed E-state index contributed by atoms with van der Waals surface area (Å²) >= 11 is 0. The largest absolute Gasteiger partial charge is 0.166 e. The highest BCUT2D eigenvalue weighted by Crippen LogP contribution is 2.27. The summed E-state index contributed by atoms with van der Waals surface area (Å²) in [6.07, 6.45) is 7.89. The molecule has 0 aliphatic carbocycles. The van der Waals surface area contributed by atoms with Crippen molar-refractivity contribution in [2.24, 2.45) is 21.4 Å². The average Bonchev–Trinajstić information content (AvgIpc) is 2.61. The monoisotopic (exact) mass is 311 g/mol. The molecule has 2 atom stereocenters. The summed E-state index contributed by atoms with van der Waals surface area (Å²) in [4.78, 5) is 0. The van der Waals surface area contributed by atoms with Crippen LogP contribution in [0.25, 0.3) is 0 Å². The number of rotatable bonds is 5. The minimum absolute atomic E-state index is 0.252. The van der Waals surface area contributed by atoms with Crippen molar-refractivity contribution in [3.63, 3.8) is 0 Å². The number of nitrogens with zero attached hydrogens (tertiary/aromatic N) is 3. The van der Waals surface area contributed by atoms with Crippen LogP contribution in [0.1, 0.15) is 57.6 Å². The fourth-order valence-electron chi connectivity index (χ4n) is 3.06. The van der Waals surface area contributed by atoms with Crippen LogP contribution in [0.4, 0.5) is 0 Å². The normalized spacial score (nSPS) is 22.3. The molecule has 1 aliphatic heterocycles. The van der Waals surface area contributed by atoms with Crippen LogP contribution in [0.2, 0.25) is 0 Å². The highest BCUT2D eigenvalue weighted by atomic mass is 15.4. The van der Waals surface area contributed by atoms with Crippen molar-refractivity contribution in [2.45, 2.75) is 65.8 Å². The van der Waals surface area contributed by atoms with E-state index in [4.69, 9.17) is 0 Å². The van der Waals surface area contributed by atoms with Gasteiger partial charge in [0, 0.05) is 0 Å². The SMILES string of the molecule is CCC(CCc1ccc(C)cc1)C1=C/C(C)=N\N=NC(C)CC1. The first-order valence-electron chi connectivity index (χ1n) is 8.79. The lowest BCUT2D eigenvalue weighted by Crippen LogP contribution is -2.09. The molecule has 1 aliphatic rings. The summed E-state index contributed by atoms with van der Waals surface area (Å²) < 4.78 is 0. The average molecular weight is 311 g/mol. The maximum Gasteiger partial charge on any atom is 0.0705 e. The first-order valence-corrected chi connectivity index (χ1v) is 8.79. The molecule has 3 heteroatoms. The molecule has 0 bridgehead atoms. The third kappa shape index (κ3) is 5.74. The van der Waals surface area contributed by atoms with Gasteiger partial charge >= 0.3 is 0 Å². The zero-order valence-corrected chi connectivity index (χ0v) is 14.9. The molecule has 0 spiro atoms. The minimum Gasteiger partial charge on any atom is -0.166 e. The van der Waals surface area contributed by atoms with Gasteiger partial charge in [-0.3, -0.25) is 0 Å². The molecule has 0 aromatic heterocycles. The van der Waals surface area contributed by atoms with E-state index >= 15 is 0 Å². The van der Waals surface area contributed by atoms with E-state index in [0.29, 0.717) is 5.92 Å². The van der Waals surface area contributed by atoms with Gasteiger partial charge in [0.2, 0.25) is 0 Å². The fourth-order valence-corrected chi connectivity index (χ4v) is 3.06. The molecule has 0 radical (unpaired) electrons. The Bertz CT molecular complexity index is 581. The Morgan fingerprint density at radius 1 is 1.17 bits per heavy atom. The van der Waals surface area contributed by atoms with Crippen LogP contribution >= 0.6 is 0 Å². The molecule has 0 amide bonds. The predicted octanol–water partition coefficient (Wildman–Crippen LogP) is 5.89. The van der Waals surface area contributed by atoms with Gasteiger partial charge in [0.1, 0.15) is 0 Å². The van der Waals surface area contributed by atoms with Gasteiger partial charge in [-0.2, -0.15) is 5.11 Å². The van der Waals surface area contributed by atoms with Crippen molar-refractivity contribution in [2.75, 3.05) is 0 Å². The Morgan fingerprint density at radius 2 is 1.91 bits per heavy atom. The lowest BCUT2D eigenvalue weighted by atomic mass is 9.86. The van der Waals surface area contributed by atoms with E-state index in [1.807, 2.05) is 6.92 Å². The molecule has 0 fully saturated rings. The van der Waals surface area contributed by atoms with Crippen molar-refractivity contribution in [3.8, 4) is 0 Å². The zero-order valence-electron chi connectivity index (χ0n) is 14.9. The number of hydrogen-bond donors (Lipinski definition) is 0. The van der Waals surface area contributed by atoms with Gasteiger partial charge in [0.25, 0.3) is 0 Å². The van der Waals surface area contributed by atoms with Crippen molar-refractivity contribution in [3.05, 3.63) is 47.0 Å². The lowest BCUT2D eigenvalue weighted by molar-refractivity contribution is 0.507. The molecule has 0 saturated heterocycles. The number of hydrogen-bond acceptors (Lipinski definition) is 3. The number of allylic oxidation sites excluding steroid dienone is 2. The second-order valence-corrected chi connectivity index (χ2v) is 6.68. The Morgan fingerprint density at radius 3 is 2.61 bits per heavy atom. The fraction of sp³-hybridized carbons (Fsp3) is 0.550. The third-order valence-electron chi connectivity index (χ3n) is 4.62. The quantitative estimate of drug-likeness (QED) is 0.650. The molecule has 0 N–H and O–H groups in total. The van der Waals surface area contributed by atoms with Crippen molar-refractivity contribution >= 4 is 5.71 Å². The smallest absolute Gasteiger partial charge is 0.0705 e. The van der Waals surface area contributed by atoms with E-state index in [1.165, 1.54) is 29.5 Å². The summed E-state index contributed by atoms with van der Waals surface area (Å²) in [5.41, 5.74) is 5.24. The Kier molecular flexibility index (Phi) is 6.69. The van der Waals surface area contributed by atoms with Gasteiger partial charge in [0.15, 0.2) is 0 Å². The molecule has 3 nitrogen and oxygen atoms in total. The van der Waals surface area contributed by atoms with Crippen LogP contribution in [0.5, 0.6) is 0 Å². The van der Waals surface area contributed by atoms with Gasteiger partial charge in [0.05, 0.1) is 11.8 Å². The number of benzene rings is 1. The Hall–Kier alpha value is -1.77. The summed E-state index contributed by atoms with van der Waals surface area (Å²) in [6.45, 7) is 8.56. The summed E-state index contributed by atoms with van der Waals surface area (Å²) in [5, 5.41) is 12.3. The summed E-state index contributed by atoms with van der Waals surface area (Å²) in [6, 6.07) is 9.18. The summed E-state index contributed by atoms with van der Waals surface area (Å²) in [5.74, 6) is 0.617. The van der Waals surface area contributed by atoms with E-state index in [1.54, 1.807) is 0 Å². The zero-order chi connectivity index (χ0) is 16.7. The summed E-state index contributed by atoms with van der Waals surface area (Å²) in [7, 11) is 0. The second kappa shape index (κ2) is 8.76. The van der Waals surface area contributed by atoms with Crippen LogP contribution in [-0.4, -0.2) is 11.8 Å². The van der Waals surface area contributed by atoms with Gasteiger partial charge in [-0.25, -0.2) is 0 Å². The van der Waals surface area contributed by atoms with Gasteiger partial charge in [-0.05, 0) is 75.7 Å². The number of aryl methyl sites for hydroxylation is 2. The second-order valence-electron chi connectivity index (χ2n) is 6.68. The maximum absolute atomic E-state index is 4.22. The van der Waals surface area contributed by atoms with Crippen molar-refractivity contribution in [1.29, 1.82) is 0 Å². The van der Waals surface area contributed by atoms with E-state index in [-0.39, 0.29) is 6.04 Å². The molecule has 1 aromatic carbocycles. The van der Waals surface area contributed by atoms with E-state index < -0.39 is 0 Å². The van der Waals surface area contributed by atoms with Crippen LogP contribution in [0, 0.1) is 12.8 Å². The highest BCUT2D eigenvalue weighted by molar-refractivity contribution is 5.93. The first kappa shape index (κ1) is 17.6. The standard InChI is InChI=1S/C20H29N3/c1-5-19(13-11-18-9-6-15(2)7-10-18)20-12-8-16(3)21-23-22-17(4)14-20/h6-7,9-10,14,16,19H,5,8,11-13H2,1-4H3/b20-14?,22-17-,23-21?. The molecule has 2 rings (SSSR count). The topological polar surface area (TPSA) is 37.1 Å². The molecule has 23 heavy (non-hydrogen) atoms. The van der Waals surface area contributed by atoms with Gasteiger partial charge < -0.3 is 0 Å². The molecule has 2 unspecified atom stereocenters. The van der Waals surface area contributed by atoms with Crippen molar-refractivity contribution < 1.29 is 0 Å². The Labute approximate surface area is 140 Å². The molecular formula is C20H29N3. The van der Waals surface area contributed by atoms with Crippen LogP contribution in [0.3, 0.4) is 0 Å². The van der Waals surface area contributed by atoms with E-state index in [9.17, 15) is 0 Å². The maximum atomic E-state index is 4.22. The molecule has 1 aromatic rings. The Balaban J connectivity index is 2.07. The predicted molar refractivity (Wildman–Crippen MR) is 98.0 cm³/mol. The first-order chi connectivity index (χ1) is 11.1. The molecule has 1 heterocycles. The lowest BCUT2D eigenvalue weighted by Gasteiger charge is -2.20. The highest BCUT2D eigenvalue weighted by Gasteiger charge is 2.15. The van der Waals surface area contributed by atoms with Gasteiger partial charge in [-0.1, -0.05) is 42.3 Å². The van der Waals surface area contributed by atoms with Crippen LogP contribution in [-0.2, 0) is 6.42 Å². The van der Waals surface area contributed by atoms with Crippen LogP contribution < -0.4 is 0 Å². The minimum atomic E-state index is 0.252. The van der Waals surface area contributed by atoms with Gasteiger partial charge in [-0.15, -0.1) is 5.10 Å². The molecular weight excluding hydrogens is 282 g/mol. The van der Waals surface area contributed by atoms with E-state index in [0.717, 1.165) is 25.0 Å². The molecule has 124 valence electrons. The third-order valence-corrected chi connectivity index (χ3v) is 4.62. The molecule has 0 saturated carbocycles. The van der Waals surface area contributed by atoms with Crippen molar-refractivity contribution in [1.82, 2.24) is 0 Å². The van der Waals surface area contributed by atoms with E-state index in [2.05, 4.69) is 66.6 Å². The van der Waals surface area contributed by atoms with Crippen LogP contribution in [0.15, 0.2) is 51.4 Å².